The summed E-state index contributed by atoms with van der Waals surface area (Å²) in [6, 6.07) is 3.77. The zero-order valence-electron chi connectivity index (χ0n) is 14.0. The van der Waals surface area contributed by atoms with E-state index < -0.39 is 12.0 Å². The van der Waals surface area contributed by atoms with Gasteiger partial charge < -0.3 is 9.94 Å². The van der Waals surface area contributed by atoms with E-state index in [0.717, 1.165) is 29.5 Å². The van der Waals surface area contributed by atoms with Crippen LogP contribution in [-0.4, -0.2) is 17.0 Å². The number of aryl methyl sites for hydroxylation is 2. The van der Waals surface area contributed by atoms with Crippen LogP contribution in [0.4, 0.5) is 0 Å². The number of hydrogen-bond donors (Lipinski definition) is 2. The van der Waals surface area contributed by atoms with Crippen LogP contribution < -0.4 is 10.7 Å². The number of hydrogen-bond acceptors (Lipinski definition) is 4. The van der Waals surface area contributed by atoms with Crippen LogP contribution in [-0.2, 0) is 17.6 Å². The van der Waals surface area contributed by atoms with Gasteiger partial charge in [0.1, 0.15) is 11.5 Å². The van der Waals surface area contributed by atoms with Crippen LogP contribution in [0.25, 0.3) is 0 Å². The molecule has 2 rings (SSSR count). The van der Waals surface area contributed by atoms with Crippen molar-refractivity contribution in [3.8, 4) is 5.75 Å². The van der Waals surface area contributed by atoms with Gasteiger partial charge in [-0.3, -0.25) is 4.79 Å². The molecule has 1 aliphatic carbocycles. The summed E-state index contributed by atoms with van der Waals surface area (Å²) in [4.78, 5) is 17.6. The van der Waals surface area contributed by atoms with Gasteiger partial charge in [-0.1, -0.05) is 27.7 Å². The highest BCUT2D eigenvalue weighted by Crippen LogP contribution is 2.43. The van der Waals surface area contributed by atoms with Crippen molar-refractivity contribution in [1.82, 2.24) is 0 Å². The van der Waals surface area contributed by atoms with Crippen molar-refractivity contribution in [3.63, 3.8) is 0 Å². The summed E-state index contributed by atoms with van der Waals surface area (Å²) in [5.41, 5.74) is 2.93. The van der Waals surface area contributed by atoms with E-state index in [1.165, 1.54) is 0 Å². The van der Waals surface area contributed by atoms with Gasteiger partial charge in [-0.2, -0.15) is 5.90 Å². The number of carbonyl (C=O) groups excluding carboxylic acids is 1. The van der Waals surface area contributed by atoms with E-state index >= 15 is 0 Å². The average Bonchev–Trinajstić information content (AvgIpc) is 2.44. The van der Waals surface area contributed by atoms with Gasteiger partial charge in [0.15, 0.2) is 0 Å². The molecular weight excluding hydrogens is 278 g/mol. The maximum atomic E-state index is 12.7. The van der Waals surface area contributed by atoms with Crippen molar-refractivity contribution < 1.29 is 14.7 Å². The first-order valence-electron chi connectivity index (χ1n) is 8.06. The lowest BCUT2D eigenvalue weighted by atomic mass is 9.67. The molecule has 2 atom stereocenters. The van der Waals surface area contributed by atoms with Crippen molar-refractivity contribution in [2.75, 3.05) is 0 Å². The van der Waals surface area contributed by atoms with Crippen LogP contribution in [0, 0.1) is 5.41 Å². The highest BCUT2D eigenvalue weighted by molar-refractivity contribution is 5.88. The molecule has 4 nitrogen and oxygen atoms in total. The van der Waals surface area contributed by atoms with Gasteiger partial charge in [-0.25, -0.2) is 0 Å². The standard InChI is InChI=1S/C18H27NO3/c1-5-11-7-13(22-19)8-12(6-2)16(11)17-14(20)9-18(3,4)10-15(17)21/h7-8,14,17,20H,5-6,9-10,19H2,1-4H3. The fourth-order valence-electron chi connectivity index (χ4n) is 3.71. The molecule has 0 amide bonds. The molecule has 0 bridgehead atoms. The van der Waals surface area contributed by atoms with Crippen LogP contribution in [0.2, 0.25) is 0 Å². The maximum absolute atomic E-state index is 12.7. The molecule has 1 aromatic rings. The Morgan fingerprint density at radius 1 is 1.27 bits per heavy atom. The van der Waals surface area contributed by atoms with Gasteiger partial charge in [0, 0.05) is 6.42 Å². The molecule has 0 saturated heterocycles. The number of Topliss-reactive ketones (excluding diaryl/α,β-unsaturated/α-hetero) is 1. The first-order chi connectivity index (χ1) is 10.3. The minimum Gasteiger partial charge on any atom is -0.412 e. The second kappa shape index (κ2) is 6.39. The number of aliphatic hydroxyl groups excluding tert-OH is 1. The number of benzene rings is 1. The Morgan fingerprint density at radius 3 is 2.23 bits per heavy atom. The number of ketones is 1. The Labute approximate surface area is 132 Å². The number of aliphatic hydroxyl groups is 1. The fourth-order valence-corrected chi connectivity index (χ4v) is 3.71. The second-order valence-electron chi connectivity index (χ2n) is 7.04. The molecule has 0 heterocycles. The van der Waals surface area contributed by atoms with E-state index in [4.69, 9.17) is 10.7 Å². The van der Waals surface area contributed by atoms with Gasteiger partial charge in [-0.15, -0.1) is 0 Å². The molecule has 1 aromatic carbocycles. The van der Waals surface area contributed by atoms with Crippen LogP contribution in [0.15, 0.2) is 12.1 Å². The van der Waals surface area contributed by atoms with Crippen molar-refractivity contribution in [3.05, 3.63) is 28.8 Å². The summed E-state index contributed by atoms with van der Waals surface area (Å²) in [5, 5.41) is 10.6. The lowest BCUT2D eigenvalue weighted by Gasteiger charge is -2.38. The van der Waals surface area contributed by atoms with Crippen molar-refractivity contribution in [2.24, 2.45) is 11.3 Å². The first kappa shape index (κ1) is 17.0. The zero-order valence-corrected chi connectivity index (χ0v) is 14.0. The molecular formula is C18H27NO3. The summed E-state index contributed by atoms with van der Waals surface area (Å²) in [6.07, 6.45) is 2.08. The second-order valence-corrected chi connectivity index (χ2v) is 7.04. The van der Waals surface area contributed by atoms with Crippen molar-refractivity contribution in [2.45, 2.75) is 65.4 Å². The van der Waals surface area contributed by atoms with E-state index in [9.17, 15) is 9.90 Å². The summed E-state index contributed by atoms with van der Waals surface area (Å²) < 4.78 is 0. The summed E-state index contributed by atoms with van der Waals surface area (Å²) in [7, 11) is 0. The Bertz CT molecular complexity index is 540. The summed E-state index contributed by atoms with van der Waals surface area (Å²) in [6.45, 7) is 8.17. The minimum absolute atomic E-state index is 0.133. The monoisotopic (exact) mass is 305 g/mol. The average molecular weight is 305 g/mol. The number of carbonyl (C=O) groups is 1. The molecule has 0 aromatic heterocycles. The molecule has 0 aliphatic heterocycles. The van der Waals surface area contributed by atoms with Gasteiger partial charge in [-0.05, 0) is 53.5 Å². The highest BCUT2D eigenvalue weighted by atomic mass is 16.6. The summed E-state index contributed by atoms with van der Waals surface area (Å²) >= 11 is 0. The van der Waals surface area contributed by atoms with E-state index in [0.29, 0.717) is 18.6 Å². The molecule has 2 unspecified atom stereocenters. The summed E-state index contributed by atoms with van der Waals surface area (Å²) in [5.74, 6) is 5.61. The molecule has 0 radical (unpaired) electrons. The Morgan fingerprint density at radius 2 is 1.82 bits per heavy atom. The van der Waals surface area contributed by atoms with E-state index in [2.05, 4.69) is 0 Å². The zero-order chi connectivity index (χ0) is 16.5. The van der Waals surface area contributed by atoms with Crippen molar-refractivity contribution in [1.29, 1.82) is 0 Å². The molecule has 1 fully saturated rings. The molecule has 3 N–H and O–H groups in total. The molecule has 22 heavy (non-hydrogen) atoms. The highest BCUT2D eigenvalue weighted by Gasteiger charge is 2.42. The van der Waals surface area contributed by atoms with Gasteiger partial charge in [0.05, 0.1) is 12.0 Å². The Kier molecular flexibility index (Phi) is 4.93. The fraction of sp³-hybridized carbons (Fsp3) is 0.611. The molecule has 122 valence electrons. The normalized spacial score (nSPS) is 24.4. The van der Waals surface area contributed by atoms with Crippen molar-refractivity contribution >= 4 is 5.78 Å². The maximum Gasteiger partial charge on any atom is 0.147 e. The van der Waals surface area contributed by atoms with Crippen LogP contribution >= 0.6 is 0 Å². The number of nitrogens with two attached hydrogens (primary N) is 1. The van der Waals surface area contributed by atoms with Crippen LogP contribution in [0.5, 0.6) is 5.75 Å². The largest absolute Gasteiger partial charge is 0.412 e. The van der Waals surface area contributed by atoms with Gasteiger partial charge in [0.25, 0.3) is 0 Å². The lowest BCUT2D eigenvalue weighted by molar-refractivity contribution is -0.129. The van der Waals surface area contributed by atoms with Crippen LogP contribution in [0.3, 0.4) is 0 Å². The predicted octanol–water partition coefficient (Wildman–Crippen LogP) is 2.90. The van der Waals surface area contributed by atoms with Gasteiger partial charge >= 0.3 is 0 Å². The topological polar surface area (TPSA) is 72.5 Å². The third-order valence-corrected chi connectivity index (χ3v) is 4.68. The first-order valence-corrected chi connectivity index (χ1v) is 8.06. The SMILES string of the molecule is CCc1cc(ON)cc(CC)c1C1C(=O)CC(C)(C)CC1O. The van der Waals surface area contributed by atoms with E-state index in [1.54, 1.807) is 0 Å². The molecule has 4 heteroatoms. The third-order valence-electron chi connectivity index (χ3n) is 4.68. The molecule has 0 spiro atoms. The quantitative estimate of drug-likeness (QED) is 0.839. The molecule has 1 aliphatic rings. The number of rotatable bonds is 4. The molecule has 1 saturated carbocycles. The Balaban J connectivity index is 2.53. The third kappa shape index (κ3) is 3.18. The predicted molar refractivity (Wildman–Crippen MR) is 86.8 cm³/mol. The van der Waals surface area contributed by atoms with Crippen LogP contribution in [0.1, 0.15) is 63.1 Å². The van der Waals surface area contributed by atoms with E-state index in [1.807, 2.05) is 39.8 Å². The lowest BCUT2D eigenvalue weighted by Crippen LogP contribution is -2.40. The Hall–Kier alpha value is -1.39. The van der Waals surface area contributed by atoms with E-state index in [-0.39, 0.29) is 11.2 Å². The smallest absolute Gasteiger partial charge is 0.147 e. The van der Waals surface area contributed by atoms with Gasteiger partial charge in [0.2, 0.25) is 0 Å². The minimum atomic E-state index is -0.628.